The number of ether oxygens (including phenoxy) is 4. The van der Waals surface area contributed by atoms with E-state index in [1.165, 1.54) is 212 Å². The number of aliphatic hydroxyl groups excluding tert-OH is 1. The van der Waals surface area contributed by atoms with Gasteiger partial charge in [0.25, 0.3) is 0 Å². The molecule has 0 aromatic rings. The van der Waals surface area contributed by atoms with Crippen LogP contribution in [-0.4, -0.2) is 96.7 Å². The minimum absolute atomic E-state index is 0.107. The standard InChI is InChI=1S/C75H146O17P2/c1-6-9-12-15-17-19-21-23-25-29-33-36-40-44-49-54-59-73(78)86-65-71(92-75(80)61-56-51-46-42-38-34-30-27-26-28-31-35-39-43-48-52-57-68(4)5)67-90-94(83,84)88-63-69(76)62-87-93(81,82)89-66-70(64-85-72(77)58-53-47-14-11-8-3)91-74(79)60-55-50-45-41-37-32-24-22-20-18-16-13-10-7-2/h68-71,76H,6-67H2,1-5H3,(H,81,82)(H,83,84)/t69-,70+,71+/m0/s1. The maximum Gasteiger partial charge on any atom is 0.472 e. The lowest BCUT2D eigenvalue weighted by Crippen LogP contribution is -2.30. The Kier molecular flexibility index (Phi) is 66.8. The van der Waals surface area contributed by atoms with E-state index in [0.717, 1.165) is 102 Å². The highest BCUT2D eigenvalue weighted by Gasteiger charge is 2.30. The van der Waals surface area contributed by atoms with Gasteiger partial charge in [0.15, 0.2) is 12.2 Å². The van der Waals surface area contributed by atoms with Crippen molar-refractivity contribution < 1.29 is 80.2 Å². The van der Waals surface area contributed by atoms with Crippen molar-refractivity contribution >= 4 is 39.5 Å². The van der Waals surface area contributed by atoms with E-state index in [1.807, 2.05) is 0 Å². The number of rotatable bonds is 75. The summed E-state index contributed by atoms with van der Waals surface area (Å²) in [5.74, 6) is -1.32. The van der Waals surface area contributed by atoms with E-state index in [-0.39, 0.29) is 25.7 Å². The number of hydrogen-bond donors (Lipinski definition) is 3. The van der Waals surface area contributed by atoms with Crippen molar-refractivity contribution in [1.82, 2.24) is 0 Å². The molecular formula is C75H146O17P2. The maximum absolute atomic E-state index is 13.1. The summed E-state index contributed by atoms with van der Waals surface area (Å²) in [6.07, 6.45) is 57.2. The number of hydrogen-bond acceptors (Lipinski definition) is 15. The second-order valence-corrected chi connectivity index (χ2v) is 30.4. The molecule has 0 saturated carbocycles. The van der Waals surface area contributed by atoms with Gasteiger partial charge in [-0.3, -0.25) is 37.3 Å². The fourth-order valence-corrected chi connectivity index (χ4v) is 13.1. The first-order valence-electron chi connectivity index (χ1n) is 39.1. The average molecular weight is 1380 g/mol. The summed E-state index contributed by atoms with van der Waals surface area (Å²) in [4.78, 5) is 72.5. The molecule has 17 nitrogen and oxygen atoms in total. The lowest BCUT2D eigenvalue weighted by Gasteiger charge is -2.21. The van der Waals surface area contributed by atoms with Crippen molar-refractivity contribution in [1.29, 1.82) is 0 Å². The average Bonchev–Trinajstić information content (AvgIpc) is 2.07. The molecule has 0 radical (unpaired) electrons. The van der Waals surface area contributed by atoms with E-state index in [4.69, 9.17) is 37.0 Å². The van der Waals surface area contributed by atoms with Crippen molar-refractivity contribution in [2.75, 3.05) is 39.6 Å². The van der Waals surface area contributed by atoms with Crippen LogP contribution in [0.25, 0.3) is 0 Å². The Labute approximate surface area is 575 Å². The quantitative estimate of drug-likeness (QED) is 0.0222. The van der Waals surface area contributed by atoms with E-state index >= 15 is 0 Å². The zero-order chi connectivity index (χ0) is 69.1. The Bertz CT molecular complexity index is 1810. The normalized spacial score (nSPS) is 14.0. The summed E-state index contributed by atoms with van der Waals surface area (Å²) in [5, 5.41) is 10.6. The van der Waals surface area contributed by atoms with Crippen molar-refractivity contribution in [2.24, 2.45) is 5.92 Å². The van der Waals surface area contributed by atoms with Gasteiger partial charge in [0.1, 0.15) is 19.3 Å². The number of carbonyl (C=O) groups is 4. The maximum atomic E-state index is 13.1. The highest BCUT2D eigenvalue weighted by atomic mass is 31.2. The number of phosphoric acid groups is 2. The topological polar surface area (TPSA) is 237 Å². The number of carbonyl (C=O) groups excluding carboxylic acids is 4. The summed E-state index contributed by atoms with van der Waals surface area (Å²) in [7, 11) is -9.90. The van der Waals surface area contributed by atoms with Crippen LogP contribution in [0.3, 0.4) is 0 Å². The lowest BCUT2D eigenvalue weighted by molar-refractivity contribution is -0.161. The third-order valence-electron chi connectivity index (χ3n) is 17.5. The Balaban J connectivity index is 5.14. The fourth-order valence-electron chi connectivity index (χ4n) is 11.5. The van der Waals surface area contributed by atoms with Gasteiger partial charge in [-0.1, -0.05) is 343 Å². The fraction of sp³-hybridized carbons (Fsp3) is 0.947. The van der Waals surface area contributed by atoms with Gasteiger partial charge < -0.3 is 33.8 Å². The molecule has 0 aromatic carbocycles. The van der Waals surface area contributed by atoms with Crippen molar-refractivity contribution in [3.8, 4) is 0 Å². The van der Waals surface area contributed by atoms with Gasteiger partial charge in [0.05, 0.1) is 26.4 Å². The first-order valence-corrected chi connectivity index (χ1v) is 42.1. The Morgan fingerprint density at radius 3 is 0.723 bits per heavy atom. The molecule has 94 heavy (non-hydrogen) atoms. The van der Waals surface area contributed by atoms with Crippen molar-refractivity contribution in [3.63, 3.8) is 0 Å². The van der Waals surface area contributed by atoms with Gasteiger partial charge in [-0.2, -0.15) is 0 Å². The predicted molar refractivity (Wildman–Crippen MR) is 382 cm³/mol. The van der Waals surface area contributed by atoms with Crippen LogP contribution in [0, 0.1) is 5.92 Å². The third-order valence-corrected chi connectivity index (χ3v) is 19.4. The highest BCUT2D eigenvalue weighted by molar-refractivity contribution is 7.47. The first-order chi connectivity index (χ1) is 45.5. The molecule has 19 heteroatoms. The van der Waals surface area contributed by atoms with Crippen molar-refractivity contribution in [3.05, 3.63) is 0 Å². The van der Waals surface area contributed by atoms with Crippen LogP contribution < -0.4 is 0 Å². The van der Waals surface area contributed by atoms with Crippen LogP contribution in [0.5, 0.6) is 0 Å². The molecule has 558 valence electrons. The molecule has 0 amide bonds. The summed E-state index contributed by atoms with van der Waals surface area (Å²) >= 11 is 0. The molecule has 0 aliphatic rings. The molecule has 0 fully saturated rings. The van der Waals surface area contributed by atoms with Crippen molar-refractivity contribution in [2.45, 2.75) is 412 Å². The summed E-state index contributed by atoms with van der Waals surface area (Å²) in [5.41, 5.74) is 0. The Morgan fingerprint density at radius 2 is 0.489 bits per heavy atom. The molecule has 5 atom stereocenters. The van der Waals surface area contributed by atoms with Gasteiger partial charge in [-0.15, -0.1) is 0 Å². The Hall–Kier alpha value is -1.94. The molecule has 0 rings (SSSR count). The zero-order valence-electron chi connectivity index (χ0n) is 61.1. The third kappa shape index (κ3) is 68.6. The monoisotopic (exact) mass is 1380 g/mol. The second-order valence-electron chi connectivity index (χ2n) is 27.5. The highest BCUT2D eigenvalue weighted by Crippen LogP contribution is 2.45. The van der Waals surface area contributed by atoms with E-state index in [2.05, 4.69) is 34.6 Å². The minimum atomic E-state index is -4.95. The van der Waals surface area contributed by atoms with Crippen LogP contribution in [0.1, 0.15) is 394 Å². The molecular weight excluding hydrogens is 1230 g/mol. The minimum Gasteiger partial charge on any atom is -0.462 e. The summed E-state index contributed by atoms with van der Waals surface area (Å²) in [6.45, 7) is 7.24. The number of phosphoric ester groups is 2. The molecule has 0 aliphatic heterocycles. The van der Waals surface area contributed by atoms with E-state index in [1.54, 1.807) is 0 Å². The largest absolute Gasteiger partial charge is 0.472 e. The predicted octanol–water partition coefficient (Wildman–Crippen LogP) is 22.1. The van der Waals surface area contributed by atoms with E-state index in [9.17, 15) is 43.2 Å². The van der Waals surface area contributed by atoms with E-state index in [0.29, 0.717) is 25.7 Å². The van der Waals surface area contributed by atoms with Crippen LogP contribution in [-0.2, 0) is 65.4 Å². The lowest BCUT2D eigenvalue weighted by atomic mass is 10.0. The van der Waals surface area contributed by atoms with Crippen LogP contribution in [0.15, 0.2) is 0 Å². The number of esters is 4. The zero-order valence-corrected chi connectivity index (χ0v) is 62.9. The molecule has 0 aliphatic carbocycles. The number of aliphatic hydroxyl groups is 1. The van der Waals surface area contributed by atoms with Gasteiger partial charge in [-0.25, -0.2) is 9.13 Å². The molecule has 3 N–H and O–H groups in total. The Morgan fingerprint density at radius 1 is 0.287 bits per heavy atom. The van der Waals surface area contributed by atoms with E-state index < -0.39 is 97.5 Å². The smallest absolute Gasteiger partial charge is 0.462 e. The van der Waals surface area contributed by atoms with Crippen LogP contribution in [0.2, 0.25) is 0 Å². The molecule has 0 heterocycles. The molecule has 0 aromatic heterocycles. The molecule has 0 spiro atoms. The second kappa shape index (κ2) is 68.2. The van der Waals surface area contributed by atoms with Gasteiger partial charge in [0, 0.05) is 25.7 Å². The molecule has 0 saturated heterocycles. The van der Waals surface area contributed by atoms with Gasteiger partial charge in [0.2, 0.25) is 0 Å². The van der Waals surface area contributed by atoms with Crippen LogP contribution in [0.4, 0.5) is 0 Å². The first kappa shape index (κ1) is 92.1. The SMILES string of the molecule is CCCCCCCCCCCCCCCCCCC(=O)OC[C@H](COP(=O)(O)OC[C@@H](O)COP(=O)(O)OC[C@@H](COC(=O)CCCCCCC)OC(=O)CCCCCCCCCCCCCCCC)OC(=O)CCCCCCCCCCCCCCCCCCC(C)C. The van der Waals surface area contributed by atoms with Gasteiger partial charge >= 0.3 is 39.5 Å². The molecule has 2 unspecified atom stereocenters. The number of unbranched alkanes of at least 4 members (excludes halogenated alkanes) is 47. The van der Waals surface area contributed by atoms with Crippen LogP contribution >= 0.6 is 15.6 Å². The summed E-state index contributed by atoms with van der Waals surface area (Å²) in [6, 6.07) is 0. The van der Waals surface area contributed by atoms with Gasteiger partial charge in [-0.05, 0) is 31.6 Å². The summed E-state index contributed by atoms with van der Waals surface area (Å²) < 4.78 is 68.3. The molecule has 0 bridgehead atoms.